The highest BCUT2D eigenvalue weighted by atomic mass is 32.2. The molecule has 2 aliphatic rings. The number of thioether (sulfide) groups is 2. The van der Waals surface area contributed by atoms with Crippen molar-refractivity contribution < 1.29 is 19.2 Å². The first kappa shape index (κ1) is 29.9. The number of hydrogen-bond acceptors (Lipinski definition) is 8. The number of hydrogen-bond donors (Lipinski definition) is 2. The third-order valence-electron chi connectivity index (χ3n) is 6.46. The molecule has 2 saturated heterocycles. The Morgan fingerprint density at radius 2 is 1.12 bits per heavy atom. The molecule has 4 amide bonds. The minimum atomic E-state index is -0.461. The van der Waals surface area contributed by atoms with Gasteiger partial charge in [0.15, 0.2) is 8.64 Å². The van der Waals surface area contributed by atoms with Crippen LogP contribution in [-0.2, 0) is 9.59 Å². The number of anilines is 2. The van der Waals surface area contributed by atoms with Crippen molar-refractivity contribution in [3.05, 3.63) is 69.5 Å². The first-order chi connectivity index (χ1) is 19.0. The number of carbonyl (C=O) groups excluding carboxylic acids is 4. The van der Waals surface area contributed by atoms with Crippen molar-refractivity contribution >= 4 is 91.6 Å². The maximum Gasteiger partial charge on any atom is 0.272 e. The molecule has 4 rings (SSSR count). The summed E-state index contributed by atoms with van der Waals surface area (Å²) in [5.74, 6) is -1.42. The quantitative estimate of drug-likeness (QED) is 0.303. The molecular formula is C28H28N4O4S4. The van der Waals surface area contributed by atoms with Crippen LogP contribution in [0.25, 0.3) is 0 Å². The van der Waals surface area contributed by atoms with Crippen LogP contribution in [0.1, 0.15) is 61.3 Å². The lowest BCUT2D eigenvalue weighted by Gasteiger charge is -2.17. The van der Waals surface area contributed by atoms with Crippen LogP contribution in [0.5, 0.6) is 0 Å². The molecule has 8 nitrogen and oxygen atoms in total. The van der Waals surface area contributed by atoms with Gasteiger partial charge in [0.25, 0.3) is 23.6 Å². The van der Waals surface area contributed by atoms with Gasteiger partial charge in [-0.3, -0.25) is 29.0 Å². The molecule has 208 valence electrons. The van der Waals surface area contributed by atoms with Crippen molar-refractivity contribution in [1.29, 1.82) is 0 Å². The molecule has 12 heteroatoms. The summed E-state index contributed by atoms with van der Waals surface area (Å²) in [5.41, 5.74) is 1.67. The lowest BCUT2D eigenvalue weighted by atomic mass is 10.1. The van der Waals surface area contributed by atoms with Gasteiger partial charge in [0.05, 0.1) is 21.2 Å². The van der Waals surface area contributed by atoms with Gasteiger partial charge in [0.1, 0.15) is 0 Å². The molecule has 2 fully saturated rings. The third-order valence-corrected chi connectivity index (χ3v) is 9.33. The average Bonchev–Trinajstić information content (AvgIpc) is 3.41. The smallest absolute Gasteiger partial charge is 0.272 e. The van der Waals surface area contributed by atoms with Crippen molar-refractivity contribution in [1.82, 2.24) is 10.6 Å². The lowest BCUT2D eigenvalue weighted by molar-refractivity contribution is -0.115. The highest BCUT2D eigenvalue weighted by Crippen LogP contribution is 2.44. The van der Waals surface area contributed by atoms with E-state index in [-0.39, 0.29) is 42.3 Å². The first-order valence-electron chi connectivity index (χ1n) is 12.7. The maximum absolute atomic E-state index is 13.6. The summed E-state index contributed by atoms with van der Waals surface area (Å²) in [6.45, 7) is 7.78. The molecule has 40 heavy (non-hydrogen) atoms. The Hall–Kier alpha value is -3.06. The maximum atomic E-state index is 13.6. The fraction of sp³-hybridized carbons (Fsp3) is 0.286. The Balaban J connectivity index is 1.60. The van der Waals surface area contributed by atoms with Gasteiger partial charge < -0.3 is 10.6 Å². The predicted molar refractivity (Wildman–Crippen MR) is 170 cm³/mol. The van der Waals surface area contributed by atoms with Gasteiger partial charge in [-0.25, -0.2) is 0 Å². The Labute approximate surface area is 252 Å². The number of rotatable bonds is 8. The number of nitrogens with one attached hydrogen (secondary N) is 2. The molecule has 0 aliphatic carbocycles. The highest BCUT2D eigenvalue weighted by Gasteiger charge is 2.43. The average molecular weight is 613 g/mol. The summed E-state index contributed by atoms with van der Waals surface area (Å²) in [4.78, 5) is 55.4. The van der Waals surface area contributed by atoms with Crippen LogP contribution in [0, 0.1) is 0 Å². The lowest BCUT2D eigenvalue weighted by Crippen LogP contribution is -2.33. The van der Waals surface area contributed by atoms with E-state index < -0.39 is 11.8 Å². The standard InChI is InChI=1S/C28H28N4O4S4/c1-5-15(3)29-23(33)17-9-7-11-19(13-17)31-25(35)21(39-27(31)37)22-26(36)32(28(38)40-22)20-12-8-10-18(14-20)24(34)30-16(4)6-2/h7-16H,5-6H2,1-4H3,(H,29,33)(H,30,34)/b22-21+/t15-,16-/m1/s1. The van der Waals surface area contributed by atoms with Crippen molar-refractivity contribution in [3.8, 4) is 0 Å². The van der Waals surface area contributed by atoms with Crippen LogP contribution in [0.3, 0.4) is 0 Å². The zero-order chi connectivity index (χ0) is 29.1. The molecular weight excluding hydrogens is 585 g/mol. The Bertz CT molecular complexity index is 1350. The molecule has 2 N–H and O–H groups in total. The van der Waals surface area contributed by atoms with Crippen molar-refractivity contribution in [2.75, 3.05) is 9.80 Å². The van der Waals surface area contributed by atoms with Crippen LogP contribution in [0.2, 0.25) is 0 Å². The summed E-state index contributed by atoms with van der Waals surface area (Å²) in [6.07, 6.45) is 1.57. The normalized spacial score (nSPS) is 18.8. The third kappa shape index (κ3) is 6.14. The predicted octanol–water partition coefficient (Wildman–Crippen LogP) is 5.38. The van der Waals surface area contributed by atoms with Crippen LogP contribution in [0.4, 0.5) is 11.4 Å². The van der Waals surface area contributed by atoms with E-state index in [1.807, 2.05) is 27.7 Å². The summed E-state index contributed by atoms with van der Waals surface area (Å²) in [6, 6.07) is 13.3. The molecule has 0 radical (unpaired) electrons. The van der Waals surface area contributed by atoms with E-state index >= 15 is 0 Å². The second kappa shape index (κ2) is 12.6. The van der Waals surface area contributed by atoms with Gasteiger partial charge in [0, 0.05) is 23.2 Å². The zero-order valence-corrected chi connectivity index (χ0v) is 25.6. The van der Waals surface area contributed by atoms with Gasteiger partial charge in [-0.1, -0.05) is 73.9 Å². The highest BCUT2D eigenvalue weighted by molar-refractivity contribution is 8.30. The molecule has 2 atom stereocenters. The second-order valence-corrected chi connectivity index (χ2v) is 12.6. The van der Waals surface area contributed by atoms with Gasteiger partial charge >= 0.3 is 0 Å². The van der Waals surface area contributed by atoms with Crippen molar-refractivity contribution in [2.45, 2.75) is 52.6 Å². The van der Waals surface area contributed by atoms with Crippen LogP contribution < -0.4 is 20.4 Å². The number of amides is 4. The SMILES string of the molecule is CC[C@@H](C)NC(=O)c1cccc(N2C(=O)/C(=C3\SC(=S)N(c4cccc(C(=O)N[C@H](C)CC)c4)C3=O)SC2=S)c1. The van der Waals surface area contributed by atoms with Crippen LogP contribution >= 0.6 is 48.0 Å². The molecule has 2 aromatic rings. The van der Waals surface area contributed by atoms with Crippen LogP contribution in [0.15, 0.2) is 58.3 Å². The number of carbonyl (C=O) groups is 4. The molecule has 0 spiro atoms. The summed E-state index contributed by atoms with van der Waals surface area (Å²) in [5, 5.41) is 5.82. The fourth-order valence-electron chi connectivity index (χ4n) is 3.85. The summed E-state index contributed by atoms with van der Waals surface area (Å²) in [7, 11) is 0. The minimum absolute atomic E-state index is 0.00436. The summed E-state index contributed by atoms with van der Waals surface area (Å²) < 4.78 is 0.488. The van der Waals surface area contributed by atoms with Crippen LogP contribution in [-0.4, -0.2) is 44.4 Å². The van der Waals surface area contributed by atoms with E-state index in [1.165, 1.54) is 9.80 Å². The molecule has 2 aromatic carbocycles. The largest absolute Gasteiger partial charge is 0.350 e. The second-order valence-electron chi connectivity index (χ2n) is 9.34. The van der Waals surface area contributed by atoms with Gasteiger partial charge in [-0.2, -0.15) is 0 Å². The minimum Gasteiger partial charge on any atom is -0.350 e. The van der Waals surface area contributed by atoms with Gasteiger partial charge in [0.2, 0.25) is 0 Å². The summed E-state index contributed by atoms with van der Waals surface area (Å²) >= 11 is 13.1. The molecule has 0 unspecified atom stereocenters. The van der Waals surface area contributed by atoms with E-state index in [0.29, 0.717) is 22.5 Å². The van der Waals surface area contributed by atoms with E-state index in [1.54, 1.807) is 48.5 Å². The van der Waals surface area contributed by atoms with Gasteiger partial charge in [-0.15, -0.1) is 0 Å². The van der Waals surface area contributed by atoms with E-state index in [9.17, 15) is 19.2 Å². The Kier molecular flexibility index (Phi) is 9.44. The topological polar surface area (TPSA) is 98.8 Å². The number of thiocarbonyl (C=S) groups is 2. The molecule has 0 bridgehead atoms. The first-order valence-corrected chi connectivity index (χ1v) is 15.2. The Morgan fingerprint density at radius 3 is 1.48 bits per heavy atom. The van der Waals surface area contributed by atoms with E-state index in [2.05, 4.69) is 10.6 Å². The Morgan fingerprint density at radius 1 is 0.750 bits per heavy atom. The van der Waals surface area contributed by atoms with E-state index in [0.717, 1.165) is 36.4 Å². The monoisotopic (exact) mass is 612 g/mol. The van der Waals surface area contributed by atoms with E-state index in [4.69, 9.17) is 24.4 Å². The zero-order valence-electron chi connectivity index (χ0n) is 22.3. The fourth-order valence-corrected chi connectivity index (χ4v) is 6.60. The van der Waals surface area contributed by atoms with Crippen molar-refractivity contribution in [2.24, 2.45) is 0 Å². The number of benzene rings is 2. The van der Waals surface area contributed by atoms with Crippen molar-refractivity contribution in [3.63, 3.8) is 0 Å². The number of nitrogens with zero attached hydrogens (tertiary/aromatic N) is 2. The molecule has 0 aromatic heterocycles. The molecule has 0 saturated carbocycles. The molecule has 2 heterocycles. The van der Waals surface area contributed by atoms with Gasteiger partial charge in [-0.05, 0) is 63.1 Å². The molecule has 2 aliphatic heterocycles.